The van der Waals surface area contributed by atoms with Crippen LogP contribution in [0.15, 0.2) is 0 Å². The number of carbonyl (C=O) groups is 6. The lowest BCUT2D eigenvalue weighted by Crippen LogP contribution is -2.64. The van der Waals surface area contributed by atoms with Crippen LogP contribution < -0.4 is 36.8 Å². The molecule has 16 atom stereocenters. The Morgan fingerprint density at radius 2 is 0.800 bits per heavy atom. The van der Waals surface area contributed by atoms with Crippen molar-refractivity contribution in [2.45, 2.75) is 119 Å². The van der Waals surface area contributed by atoms with Crippen LogP contribution in [0.2, 0.25) is 0 Å². The maximum absolute atomic E-state index is 13.3. The van der Waals surface area contributed by atoms with E-state index in [1.807, 2.05) is 0 Å². The van der Waals surface area contributed by atoms with E-state index in [2.05, 4.69) is 31.9 Å². The molecule has 35 nitrogen and oxygen atoms in total. The van der Waals surface area contributed by atoms with E-state index in [0.29, 0.717) is 0 Å². The molecule has 3 heterocycles. The second kappa shape index (κ2) is 41.0. The van der Waals surface area contributed by atoms with Crippen molar-refractivity contribution in [1.29, 1.82) is 0 Å². The Morgan fingerprint density at radius 1 is 0.482 bits per heavy atom. The third-order valence-corrected chi connectivity index (χ3v) is 14.6. The molecule has 0 aromatic rings. The Bertz CT molecular complexity index is 1960. The SMILES string of the molecule is COP([O-])(=S)OCCN(CCCN(CC(=O)NCCOCCOC1OC(CO)C(O)C(O)C1NC(C)=O)CC(=O)NCCOCCOC1OC(CO)C(O)C(O)C1NC(C)=O)CC(=O)NCCOCCOC1OC(CO)C(O)C(O)C1NC(C)=O. The Kier molecular flexibility index (Phi) is 36.5. The molecule has 37 heteroatoms. The fourth-order valence-corrected chi connectivity index (χ4v) is 9.35. The van der Waals surface area contributed by atoms with Crippen LogP contribution in [0.1, 0.15) is 27.2 Å². The number of nitrogens with one attached hydrogen (secondary N) is 6. The number of hydrogen-bond acceptors (Lipinski definition) is 30. The van der Waals surface area contributed by atoms with Crippen LogP contribution in [0.4, 0.5) is 0 Å². The van der Waals surface area contributed by atoms with Crippen LogP contribution in [0.25, 0.3) is 0 Å². The molecule has 0 aliphatic carbocycles. The molecule has 0 aromatic heterocycles. The first-order valence-electron chi connectivity index (χ1n) is 27.5. The quantitative estimate of drug-likeness (QED) is 0.0199. The predicted octanol–water partition coefficient (Wildman–Crippen LogP) is -10.5. The third-order valence-electron chi connectivity index (χ3n) is 12.9. The Hall–Kier alpha value is -3.45. The summed E-state index contributed by atoms with van der Waals surface area (Å²) in [7, 11) is 1.12. The highest BCUT2D eigenvalue weighted by Crippen LogP contribution is 2.37. The van der Waals surface area contributed by atoms with Crippen molar-refractivity contribution in [2.75, 3.05) is 152 Å². The van der Waals surface area contributed by atoms with Gasteiger partial charge in [-0.2, -0.15) is 0 Å². The number of ether oxygens (including phenoxy) is 9. The van der Waals surface area contributed by atoms with Crippen molar-refractivity contribution < 1.29 is 131 Å². The second-order valence-electron chi connectivity index (χ2n) is 19.6. The van der Waals surface area contributed by atoms with Gasteiger partial charge in [0.05, 0.1) is 106 Å². The van der Waals surface area contributed by atoms with Gasteiger partial charge in [-0.25, -0.2) is 0 Å². The average Bonchev–Trinajstić information content (AvgIpc) is 2.48. The van der Waals surface area contributed by atoms with Crippen molar-refractivity contribution in [2.24, 2.45) is 0 Å². The first kappa shape index (κ1) is 75.8. The summed E-state index contributed by atoms with van der Waals surface area (Å²) in [5, 5.41) is 106. The van der Waals surface area contributed by atoms with Crippen LogP contribution in [-0.4, -0.2) is 335 Å². The monoisotopic (exact) mass is 1270 g/mol. The fourth-order valence-electron chi connectivity index (χ4n) is 8.72. The summed E-state index contributed by atoms with van der Waals surface area (Å²) in [5.74, 6) is -3.01. The Balaban J connectivity index is 1.55. The topological polar surface area (TPSA) is 488 Å². The molecule has 15 N–H and O–H groups in total. The van der Waals surface area contributed by atoms with Gasteiger partial charge in [-0.1, -0.05) is 11.8 Å². The Morgan fingerprint density at radius 3 is 1.11 bits per heavy atom. The second-order valence-corrected chi connectivity index (χ2v) is 22.5. The van der Waals surface area contributed by atoms with E-state index < -0.39 is 154 Å². The van der Waals surface area contributed by atoms with Gasteiger partial charge in [-0.15, -0.1) is 0 Å². The molecule has 0 bridgehead atoms. The fraction of sp³-hybridized carbons (Fsp3) is 0.875. The van der Waals surface area contributed by atoms with E-state index in [0.717, 1.165) is 7.11 Å². The summed E-state index contributed by atoms with van der Waals surface area (Å²) >= 11 is 4.84. The molecule has 0 radical (unpaired) electrons. The number of hydrogen-bond donors (Lipinski definition) is 15. The van der Waals surface area contributed by atoms with Crippen molar-refractivity contribution in [3.63, 3.8) is 0 Å². The molecule has 3 aliphatic rings. The summed E-state index contributed by atoms with van der Waals surface area (Å²) in [6, 6.07) is -3.44. The predicted molar refractivity (Wildman–Crippen MR) is 290 cm³/mol. The molecule has 3 rings (SSSR count). The van der Waals surface area contributed by atoms with Gasteiger partial charge in [0.1, 0.15) is 79.8 Å². The molecule has 85 heavy (non-hydrogen) atoms. The molecular weight excluding hydrogens is 1180 g/mol. The number of carbonyl (C=O) groups excluding carboxylic acids is 6. The summed E-state index contributed by atoms with van der Waals surface area (Å²) in [4.78, 5) is 90.4. The van der Waals surface area contributed by atoms with Gasteiger partial charge in [0.2, 0.25) is 35.4 Å². The largest absolute Gasteiger partial charge is 0.780 e. The van der Waals surface area contributed by atoms with E-state index in [1.54, 1.807) is 9.80 Å². The van der Waals surface area contributed by atoms with Crippen LogP contribution in [0.5, 0.6) is 0 Å². The highest BCUT2D eigenvalue weighted by atomic mass is 32.5. The van der Waals surface area contributed by atoms with Gasteiger partial charge >= 0.3 is 0 Å². The lowest BCUT2D eigenvalue weighted by molar-refractivity contribution is -0.272. The van der Waals surface area contributed by atoms with Gasteiger partial charge in [-0.3, -0.25) is 38.6 Å². The molecule has 3 aliphatic heterocycles. The molecule has 3 fully saturated rings. The zero-order valence-electron chi connectivity index (χ0n) is 48.0. The standard InChI is InChI=1S/C48H89N8O27PS/c1-28(60)52-37-43(69)40(66)31(25-57)81-46(37)77-19-16-74-12-6-49-34(63)22-55(11-15-80-84(72,85)73-4)9-5-10-56(23-35(64)50-7-13-75-17-20-78-47-38(53-29(2)61)44(70)41(67)32(26-58)82-47)24-36(65)51-8-14-76-18-21-79-48-39(54-30(3)62)45(71)42(68)33(27-59)83-48/h31-33,37-48,57-59,66-71H,5-27H2,1-4H3,(H,49,63)(H,50,64)(H,51,65)(H,52,60)(H,53,61)(H,54,62)(H,72,85)/p-1. The Labute approximate surface area is 496 Å². The molecule has 6 amide bonds. The van der Waals surface area contributed by atoms with Gasteiger partial charge in [0, 0.05) is 60.6 Å². The number of nitrogens with zero attached hydrogens (tertiary/aromatic N) is 2. The maximum atomic E-state index is 13.3. The van der Waals surface area contributed by atoms with E-state index in [9.17, 15) is 79.6 Å². The maximum Gasteiger partial charge on any atom is 0.234 e. The molecule has 3 saturated heterocycles. The average molecular weight is 1270 g/mol. The summed E-state index contributed by atoms with van der Waals surface area (Å²) in [6.45, 7) is -2.97. The minimum Gasteiger partial charge on any atom is -0.780 e. The number of rotatable bonds is 42. The molecule has 0 saturated carbocycles. The van der Waals surface area contributed by atoms with E-state index in [-0.39, 0.29) is 131 Å². The summed E-state index contributed by atoms with van der Waals surface area (Å²) < 4.78 is 60.1. The lowest BCUT2D eigenvalue weighted by Gasteiger charge is -2.42. The number of amides is 6. The molecule has 0 aromatic carbocycles. The first-order valence-corrected chi connectivity index (χ1v) is 30.0. The van der Waals surface area contributed by atoms with Gasteiger partial charge in [0.15, 0.2) is 18.9 Å². The van der Waals surface area contributed by atoms with Crippen molar-refractivity contribution in [3.05, 3.63) is 0 Å². The van der Waals surface area contributed by atoms with Crippen molar-refractivity contribution in [1.82, 2.24) is 41.7 Å². The molecule has 494 valence electrons. The van der Waals surface area contributed by atoms with E-state index in [1.165, 1.54) is 20.8 Å². The first-order chi connectivity index (χ1) is 40.4. The summed E-state index contributed by atoms with van der Waals surface area (Å²) in [6.07, 6.45) is -15.9. The third kappa shape index (κ3) is 28.3. The van der Waals surface area contributed by atoms with Crippen molar-refractivity contribution in [3.8, 4) is 0 Å². The lowest BCUT2D eigenvalue weighted by atomic mass is 9.97. The normalized spacial score (nSPS) is 28.5. The zero-order valence-corrected chi connectivity index (χ0v) is 49.8. The molecule has 16 unspecified atom stereocenters. The zero-order chi connectivity index (χ0) is 63.1. The molecular formula is C48H88N8O27PS-. The van der Waals surface area contributed by atoms with Crippen LogP contribution in [0, 0.1) is 0 Å². The smallest absolute Gasteiger partial charge is 0.234 e. The number of aliphatic hydroxyl groups excluding tert-OH is 9. The van der Waals surface area contributed by atoms with Crippen LogP contribution in [0.3, 0.4) is 0 Å². The highest BCUT2D eigenvalue weighted by molar-refractivity contribution is 8.06. The summed E-state index contributed by atoms with van der Waals surface area (Å²) in [5.41, 5.74) is 0. The molecule has 0 spiro atoms. The highest BCUT2D eigenvalue weighted by Gasteiger charge is 2.48. The number of aliphatic hydroxyl groups is 9. The van der Waals surface area contributed by atoms with Gasteiger partial charge in [-0.05, 0) is 13.0 Å². The van der Waals surface area contributed by atoms with Gasteiger partial charge in [0.25, 0.3) is 0 Å². The van der Waals surface area contributed by atoms with E-state index >= 15 is 0 Å². The van der Waals surface area contributed by atoms with Gasteiger partial charge < -0.3 is 134 Å². The van der Waals surface area contributed by atoms with Crippen LogP contribution >= 0.6 is 6.72 Å². The van der Waals surface area contributed by atoms with E-state index in [4.69, 9.17) is 63.5 Å². The minimum atomic E-state index is -3.82. The van der Waals surface area contributed by atoms with Crippen LogP contribution in [-0.2, 0) is 92.3 Å². The van der Waals surface area contributed by atoms with Crippen molar-refractivity contribution >= 4 is 54.0 Å². The minimum absolute atomic E-state index is 0.00164.